The molecule has 0 fully saturated rings. The van der Waals surface area contributed by atoms with Crippen LogP contribution in [0.25, 0.3) is 5.69 Å². The van der Waals surface area contributed by atoms with Crippen molar-refractivity contribution < 1.29 is 0 Å². The smallest absolute Gasteiger partial charge is 0.297 e. The summed E-state index contributed by atoms with van der Waals surface area (Å²) < 4.78 is 1.59. The lowest BCUT2D eigenvalue weighted by atomic mass is 10.3. The van der Waals surface area contributed by atoms with E-state index in [1.165, 1.54) is 4.88 Å². The Balaban J connectivity index is 1.88. The second-order valence-electron chi connectivity index (χ2n) is 4.22. The molecule has 0 saturated heterocycles. The first kappa shape index (κ1) is 12.6. The van der Waals surface area contributed by atoms with Crippen LogP contribution in [0.15, 0.2) is 65.0 Å². The summed E-state index contributed by atoms with van der Waals surface area (Å²) >= 11 is 1.65. The molecule has 3 aromatic rings. The van der Waals surface area contributed by atoms with Crippen LogP contribution in [0.2, 0.25) is 0 Å². The third-order valence-electron chi connectivity index (χ3n) is 2.89. The van der Waals surface area contributed by atoms with Gasteiger partial charge in [0.2, 0.25) is 0 Å². The molecule has 0 aliphatic rings. The zero-order chi connectivity index (χ0) is 13.8. The Morgan fingerprint density at radius 3 is 2.75 bits per heavy atom. The van der Waals surface area contributed by atoms with Crippen LogP contribution in [0.3, 0.4) is 0 Å². The van der Waals surface area contributed by atoms with Crippen molar-refractivity contribution in [1.82, 2.24) is 9.55 Å². The maximum Gasteiger partial charge on any atom is 0.297 e. The van der Waals surface area contributed by atoms with Crippen molar-refractivity contribution in [2.75, 3.05) is 5.32 Å². The van der Waals surface area contributed by atoms with Crippen LogP contribution in [0.1, 0.15) is 4.88 Å². The van der Waals surface area contributed by atoms with Gasteiger partial charge in [-0.1, -0.05) is 24.3 Å². The summed E-state index contributed by atoms with van der Waals surface area (Å²) in [5.74, 6) is 0.366. The van der Waals surface area contributed by atoms with Crippen molar-refractivity contribution in [1.29, 1.82) is 0 Å². The summed E-state index contributed by atoms with van der Waals surface area (Å²) in [6.07, 6.45) is 3.30. The van der Waals surface area contributed by atoms with E-state index in [0.717, 1.165) is 5.69 Å². The lowest BCUT2D eigenvalue weighted by molar-refractivity contribution is 0.947. The van der Waals surface area contributed by atoms with Crippen molar-refractivity contribution in [2.45, 2.75) is 6.54 Å². The van der Waals surface area contributed by atoms with Gasteiger partial charge < -0.3 is 5.32 Å². The van der Waals surface area contributed by atoms with E-state index in [1.807, 2.05) is 47.8 Å². The van der Waals surface area contributed by atoms with Gasteiger partial charge in [0.1, 0.15) is 0 Å². The molecule has 0 spiro atoms. The predicted octanol–water partition coefficient (Wildman–Crippen LogP) is 2.91. The molecule has 3 rings (SSSR count). The van der Waals surface area contributed by atoms with Gasteiger partial charge in [0.05, 0.1) is 6.54 Å². The zero-order valence-electron chi connectivity index (χ0n) is 10.7. The molecule has 0 saturated carbocycles. The summed E-state index contributed by atoms with van der Waals surface area (Å²) in [6.45, 7) is 0.610. The Labute approximate surface area is 120 Å². The highest BCUT2D eigenvalue weighted by molar-refractivity contribution is 7.09. The minimum absolute atomic E-state index is 0.143. The quantitative estimate of drug-likeness (QED) is 0.801. The topological polar surface area (TPSA) is 46.9 Å². The molecule has 2 aromatic heterocycles. The van der Waals surface area contributed by atoms with Crippen LogP contribution in [-0.2, 0) is 6.54 Å². The first-order valence-electron chi connectivity index (χ1n) is 6.24. The number of hydrogen-bond donors (Lipinski definition) is 1. The molecule has 0 atom stereocenters. The van der Waals surface area contributed by atoms with Crippen LogP contribution < -0.4 is 10.9 Å². The molecule has 0 radical (unpaired) electrons. The number of aromatic nitrogens is 2. The van der Waals surface area contributed by atoms with Crippen LogP contribution in [-0.4, -0.2) is 9.55 Å². The fourth-order valence-corrected chi connectivity index (χ4v) is 2.55. The van der Waals surface area contributed by atoms with Gasteiger partial charge in [-0.2, -0.15) is 0 Å². The number of benzene rings is 1. The van der Waals surface area contributed by atoms with E-state index in [2.05, 4.69) is 10.3 Å². The molecule has 1 aromatic carbocycles. The fraction of sp³-hybridized carbons (Fsp3) is 0.0667. The molecule has 0 aliphatic heterocycles. The maximum absolute atomic E-state index is 12.4. The highest BCUT2D eigenvalue weighted by Gasteiger charge is 2.06. The minimum Gasteiger partial charge on any atom is -0.361 e. The monoisotopic (exact) mass is 283 g/mol. The van der Waals surface area contributed by atoms with E-state index in [1.54, 1.807) is 28.3 Å². The number of nitrogens with one attached hydrogen (secondary N) is 1. The first-order chi connectivity index (χ1) is 9.84. The highest BCUT2D eigenvalue weighted by atomic mass is 32.1. The van der Waals surface area contributed by atoms with E-state index in [-0.39, 0.29) is 5.56 Å². The molecule has 0 amide bonds. The molecule has 5 heteroatoms. The minimum atomic E-state index is -0.143. The van der Waals surface area contributed by atoms with Crippen molar-refractivity contribution in [3.63, 3.8) is 0 Å². The van der Waals surface area contributed by atoms with Crippen molar-refractivity contribution in [3.8, 4) is 5.69 Å². The molecule has 20 heavy (non-hydrogen) atoms. The van der Waals surface area contributed by atoms with E-state index in [4.69, 9.17) is 0 Å². The molecule has 0 aliphatic carbocycles. The predicted molar refractivity (Wildman–Crippen MR) is 81.5 cm³/mol. The molecule has 1 N–H and O–H groups in total. The lowest BCUT2D eigenvalue weighted by Crippen LogP contribution is -2.22. The highest BCUT2D eigenvalue weighted by Crippen LogP contribution is 2.10. The molecular weight excluding hydrogens is 270 g/mol. The lowest BCUT2D eigenvalue weighted by Gasteiger charge is -2.08. The molecule has 0 bridgehead atoms. The Hall–Kier alpha value is -2.40. The normalized spacial score (nSPS) is 10.4. The maximum atomic E-state index is 12.4. The summed E-state index contributed by atoms with van der Waals surface area (Å²) in [5, 5.41) is 5.10. The standard InChI is InChI=1S/C15H13N3OS/c19-15-14(17-11-13-7-4-10-20-13)16-8-9-18(15)12-5-2-1-3-6-12/h1-10H,11H2,(H,16,17). The second-order valence-corrected chi connectivity index (χ2v) is 5.25. The first-order valence-corrected chi connectivity index (χ1v) is 7.12. The Morgan fingerprint density at radius 1 is 1.15 bits per heavy atom. The molecule has 100 valence electrons. The summed E-state index contributed by atoms with van der Waals surface area (Å²) in [5.41, 5.74) is 0.689. The number of thiophene rings is 1. The van der Waals surface area contributed by atoms with Gasteiger partial charge >= 0.3 is 0 Å². The number of anilines is 1. The average Bonchev–Trinajstić information content (AvgIpc) is 3.00. The molecule has 2 heterocycles. The molecule has 4 nitrogen and oxygen atoms in total. The number of nitrogens with zero attached hydrogens (tertiary/aromatic N) is 2. The Morgan fingerprint density at radius 2 is 2.00 bits per heavy atom. The van der Waals surface area contributed by atoms with E-state index >= 15 is 0 Å². The average molecular weight is 283 g/mol. The summed E-state index contributed by atoms with van der Waals surface area (Å²) in [7, 11) is 0. The van der Waals surface area contributed by atoms with Crippen molar-refractivity contribution in [3.05, 3.63) is 75.5 Å². The van der Waals surface area contributed by atoms with Crippen LogP contribution in [0, 0.1) is 0 Å². The van der Waals surface area contributed by atoms with Gasteiger partial charge in [-0.05, 0) is 23.6 Å². The Kier molecular flexibility index (Phi) is 3.60. The van der Waals surface area contributed by atoms with Gasteiger partial charge in [0.25, 0.3) is 5.56 Å². The van der Waals surface area contributed by atoms with E-state index in [9.17, 15) is 4.79 Å². The second kappa shape index (κ2) is 5.71. The van der Waals surface area contributed by atoms with Crippen LogP contribution >= 0.6 is 11.3 Å². The van der Waals surface area contributed by atoms with Gasteiger partial charge in [0.15, 0.2) is 5.82 Å². The third-order valence-corrected chi connectivity index (χ3v) is 3.76. The SMILES string of the molecule is O=c1c(NCc2cccs2)nccn1-c1ccccc1. The van der Waals surface area contributed by atoms with Gasteiger partial charge in [-0.3, -0.25) is 9.36 Å². The van der Waals surface area contributed by atoms with Crippen LogP contribution in [0.5, 0.6) is 0 Å². The molecular formula is C15H13N3OS. The van der Waals surface area contributed by atoms with Gasteiger partial charge in [0, 0.05) is 23.0 Å². The van der Waals surface area contributed by atoms with Gasteiger partial charge in [-0.15, -0.1) is 11.3 Å². The number of hydrogen-bond acceptors (Lipinski definition) is 4. The van der Waals surface area contributed by atoms with E-state index < -0.39 is 0 Å². The summed E-state index contributed by atoms with van der Waals surface area (Å²) in [4.78, 5) is 17.7. The zero-order valence-corrected chi connectivity index (χ0v) is 11.5. The fourth-order valence-electron chi connectivity index (χ4n) is 1.91. The summed E-state index contributed by atoms with van der Waals surface area (Å²) in [6, 6.07) is 13.5. The van der Waals surface area contributed by atoms with Crippen LogP contribution in [0.4, 0.5) is 5.82 Å². The largest absolute Gasteiger partial charge is 0.361 e. The van der Waals surface area contributed by atoms with Crippen molar-refractivity contribution in [2.24, 2.45) is 0 Å². The van der Waals surface area contributed by atoms with E-state index in [0.29, 0.717) is 12.4 Å². The van der Waals surface area contributed by atoms with Gasteiger partial charge in [-0.25, -0.2) is 4.98 Å². The number of para-hydroxylation sites is 1. The third kappa shape index (κ3) is 2.62. The Bertz CT molecular complexity index is 735. The van der Waals surface area contributed by atoms with Crippen molar-refractivity contribution >= 4 is 17.2 Å². The molecule has 0 unspecified atom stereocenters. The number of rotatable bonds is 4.